The predicted molar refractivity (Wildman–Crippen MR) is 69.6 cm³/mol. The van der Waals surface area contributed by atoms with Gasteiger partial charge in [0, 0.05) is 24.0 Å². The molecule has 3 atom stereocenters. The van der Waals surface area contributed by atoms with Crippen molar-refractivity contribution < 1.29 is 14.8 Å². The summed E-state index contributed by atoms with van der Waals surface area (Å²) in [6.45, 7) is 1.89. The first-order valence-electron chi connectivity index (χ1n) is 6.47. The maximum absolute atomic E-state index is 12.0. The quantitative estimate of drug-likeness (QED) is 0.671. The van der Waals surface area contributed by atoms with Crippen molar-refractivity contribution >= 4 is 11.5 Å². The number of rotatable bonds is 3. The van der Waals surface area contributed by atoms with E-state index in [1.807, 2.05) is 6.92 Å². The van der Waals surface area contributed by atoms with Crippen molar-refractivity contribution in [3.8, 4) is 0 Å². The van der Waals surface area contributed by atoms with Crippen molar-refractivity contribution in [1.29, 1.82) is 0 Å². The number of nitro benzene ring substituents is 1. The van der Waals surface area contributed by atoms with Gasteiger partial charge in [-0.05, 0) is 30.5 Å². The molecule has 1 saturated carbocycles. The molecule has 1 aliphatic rings. The summed E-state index contributed by atoms with van der Waals surface area (Å²) in [7, 11) is 0. The van der Waals surface area contributed by atoms with Crippen LogP contribution in [0.4, 0.5) is 5.69 Å². The highest BCUT2D eigenvalue weighted by atomic mass is 16.6. The van der Waals surface area contributed by atoms with Gasteiger partial charge in [0.25, 0.3) is 5.69 Å². The van der Waals surface area contributed by atoms with Crippen LogP contribution in [0.25, 0.3) is 0 Å². The Kier molecular flexibility index (Phi) is 3.95. The number of hydrogen-bond acceptors (Lipinski definition) is 4. The molecule has 0 spiro atoms. The molecule has 1 aliphatic carbocycles. The zero-order valence-corrected chi connectivity index (χ0v) is 10.8. The largest absolute Gasteiger partial charge is 0.388 e. The van der Waals surface area contributed by atoms with E-state index in [1.165, 1.54) is 24.3 Å². The zero-order valence-electron chi connectivity index (χ0n) is 10.8. The van der Waals surface area contributed by atoms with E-state index in [2.05, 4.69) is 0 Å². The lowest BCUT2D eigenvalue weighted by Gasteiger charge is -2.29. The van der Waals surface area contributed by atoms with Crippen LogP contribution in [-0.2, 0) is 4.79 Å². The number of Topliss-reactive ketones (excluding diaryl/α,β-unsaturated/α-hetero) is 1. The number of benzene rings is 1. The molecule has 0 heterocycles. The summed E-state index contributed by atoms with van der Waals surface area (Å²) in [6.07, 6.45) is 1.63. The van der Waals surface area contributed by atoms with Gasteiger partial charge in [-0.3, -0.25) is 14.9 Å². The summed E-state index contributed by atoms with van der Waals surface area (Å²) in [5.41, 5.74) is 0.553. The Morgan fingerprint density at radius 1 is 1.32 bits per heavy atom. The van der Waals surface area contributed by atoms with Crippen LogP contribution in [0.5, 0.6) is 0 Å². The molecule has 102 valence electrons. The Balaban J connectivity index is 2.16. The lowest BCUT2D eigenvalue weighted by Crippen LogP contribution is -2.31. The molecule has 1 aromatic carbocycles. The summed E-state index contributed by atoms with van der Waals surface area (Å²) in [5.74, 6) is -0.297. The third-order valence-corrected chi connectivity index (χ3v) is 3.83. The molecular formula is C14H17NO4. The molecule has 5 nitrogen and oxygen atoms in total. The standard InChI is InChI=1S/C14H17NO4/c1-9-3-2-4-12(13(9)16)14(17)10-5-7-11(8-6-10)15(18)19/h5-9,12,14,17H,2-4H2,1H3/t9-,12+,14+/m1/s1. The van der Waals surface area contributed by atoms with E-state index in [9.17, 15) is 20.0 Å². The van der Waals surface area contributed by atoms with E-state index in [-0.39, 0.29) is 23.3 Å². The third kappa shape index (κ3) is 2.81. The van der Waals surface area contributed by atoms with Crippen molar-refractivity contribution in [2.24, 2.45) is 11.8 Å². The second-order valence-corrected chi connectivity index (χ2v) is 5.13. The fraction of sp³-hybridized carbons (Fsp3) is 0.500. The molecule has 0 saturated heterocycles. The number of hydrogen-bond donors (Lipinski definition) is 1. The number of aliphatic hydroxyl groups excluding tert-OH is 1. The average molecular weight is 263 g/mol. The first-order valence-corrected chi connectivity index (χ1v) is 6.47. The fourth-order valence-electron chi connectivity index (χ4n) is 2.63. The fourth-order valence-corrected chi connectivity index (χ4v) is 2.63. The van der Waals surface area contributed by atoms with Crippen LogP contribution >= 0.6 is 0 Å². The van der Waals surface area contributed by atoms with Gasteiger partial charge in [-0.2, -0.15) is 0 Å². The molecule has 0 aliphatic heterocycles. The molecule has 0 amide bonds. The highest BCUT2D eigenvalue weighted by Gasteiger charge is 2.34. The lowest BCUT2D eigenvalue weighted by atomic mass is 9.77. The Bertz CT molecular complexity index is 483. The van der Waals surface area contributed by atoms with Gasteiger partial charge in [0.05, 0.1) is 11.0 Å². The number of non-ortho nitro benzene ring substituents is 1. The highest BCUT2D eigenvalue weighted by Crippen LogP contribution is 2.34. The number of ketones is 1. The number of nitro groups is 1. The minimum absolute atomic E-state index is 0.00792. The van der Waals surface area contributed by atoms with Crippen LogP contribution in [-0.4, -0.2) is 15.8 Å². The molecule has 2 rings (SSSR count). The van der Waals surface area contributed by atoms with Crippen molar-refractivity contribution in [3.63, 3.8) is 0 Å². The SMILES string of the molecule is C[C@@H]1CCC[C@H]([C@@H](O)c2ccc([N+](=O)[O-])cc2)C1=O. The van der Waals surface area contributed by atoms with Gasteiger partial charge in [-0.1, -0.05) is 13.3 Å². The maximum atomic E-state index is 12.0. The van der Waals surface area contributed by atoms with E-state index < -0.39 is 11.0 Å². The number of aliphatic hydroxyl groups is 1. The minimum Gasteiger partial charge on any atom is -0.388 e. The lowest BCUT2D eigenvalue weighted by molar-refractivity contribution is -0.384. The smallest absolute Gasteiger partial charge is 0.269 e. The van der Waals surface area contributed by atoms with Gasteiger partial charge in [0.2, 0.25) is 0 Å². The molecule has 1 N–H and O–H groups in total. The van der Waals surface area contributed by atoms with Crippen molar-refractivity contribution in [3.05, 3.63) is 39.9 Å². The summed E-state index contributed by atoms with van der Waals surface area (Å²) in [5, 5.41) is 20.8. The molecule has 0 unspecified atom stereocenters. The molecule has 1 fully saturated rings. The Labute approximate surface area is 111 Å². The summed E-state index contributed by atoms with van der Waals surface area (Å²) in [4.78, 5) is 22.1. The average Bonchev–Trinajstić information content (AvgIpc) is 2.41. The topological polar surface area (TPSA) is 80.4 Å². The first-order chi connectivity index (χ1) is 9.00. The highest BCUT2D eigenvalue weighted by molar-refractivity contribution is 5.84. The number of carbonyl (C=O) groups excluding carboxylic acids is 1. The van der Waals surface area contributed by atoms with Gasteiger partial charge in [0.1, 0.15) is 5.78 Å². The molecule has 19 heavy (non-hydrogen) atoms. The van der Waals surface area contributed by atoms with E-state index in [0.717, 1.165) is 12.8 Å². The van der Waals surface area contributed by atoms with Crippen LogP contribution in [0.1, 0.15) is 37.9 Å². The Morgan fingerprint density at radius 3 is 2.53 bits per heavy atom. The number of carbonyl (C=O) groups is 1. The van der Waals surface area contributed by atoms with Crippen LogP contribution < -0.4 is 0 Å². The molecule has 0 radical (unpaired) electrons. The van der Waals surface area contributed by atoms with Crippen molar-refractivity contribution in [2.45, 2.75) is 32.3 Å². The molecule has 5 heteroatoms. The van der Waals surface area contributed by atoms with Crippen molar-refractivity contribution in [1.82, 2.24) is 0 Å². The van der Waals surface area contributed by atoms with Crippen LogP contribution in [0.15, 0.2) is 24.3 Å². The minimum atomic E-state index is -0.865. The second-order valence-electron chi connectivity index (χ2n) is 5.13. The summed E-state index contributed by atoms with van der Waals surface area (Å²) >= 11 is 0. The van der Waals surface area contributed by atoms with Gasteiger partial charge >= 0.3 is 0 Å². The van der Waals surface area contributed by atoms with Crippen molar-refractivity contribution in [2.75, 3.05) is 0 Å². The van der Waals surface area contributed by atoms with Gasteiger partial charge in [-0.25, -0.2) is 0 Å². The number of nitrogens with zero attached hydrogens (tertiary/aromatic N) is 1. The van der Waals surface area contributed by atoms with E-state index >= 15 is 0 Å². The monoisotopic (exact) mass is 263 g/mol. The van der Waals surface area contributed by atoms with Crippen LogP contribution in [0, 0.1) is 22.0 Å². The molecule has 0 aromatic heterocycles. The molecular weight excluding hydrogens is 246 g/mol. The summed E-state index contributed by atoms with van der Waals surface area (Å²) in [6, 6.07) is 5.76. The van der Waals surface area contributed by atoms with Crippen LogP contribution in [0.2, 0.25) is 0 Å². The maximum Gasteiger partial charge on any atom is 0.269 e. The Morgan fingerprint density at radius 2 is 1.95 bits per heavy atom. The van der Waals surface area contributed by atoms with E-state index in [1.54, 1.807) is 0 Å². The normalized spacial score (nSPS) is 25.1. The van der Waals surface area contributed by atoms with E-state index in [0.29, 0.717) is 12.0 Å². The third-order valence-electron chi connectivity index (χ3n) is 3.83. The molecule has 1 aromatic rings. The van der Waals surface area contributed by atoms with Gasteiger partial charge in [-0.15, -0.1) is 0 Å². The second kappa shape index (κ2) is 5.48. The van der Waals surface area contributed by atoms with E-state index in [4.69, 9.17) is 0 Å². The van der Waals surface area contributed by atoms with Crippen LogP contribution in [0.3, 0.4) is 0 Å². The van der Waals surface area contributed by atoms with Gasteiger partial charge < -0.3 is 5.11 Å². The van der Waals surface area contributed by atoms with Gasteiger partial charge in [0.15, 0.2) is 0 Å². The first kappa shape index (κ1) is 13.7. The summed E-state index contributed by atoms with van der Waals surface area (Å²) < 4.78 is 0. The molecule has 0 bridgehead atoms. The predicted octanol–water partition coefficient (Wildman–Crippen LogP) is 2.63. The Hall–Kier alpha value is -1.75. The zero-order chi connectivity index (χ0) is 14.0.